The van der Waals surface area contributed by atoms with Crippen LogP contribution in [0.5, 0.6) is 0 Å². The minimum Gasteiger partial charge on any atom is -0.314 e. The monoisotopic (exact) mass is 213 g/mol. The van der Waals surface area contributed by atoms with Gasteiger partial charge in [0.2, 0.25) is 0 Å². The molecular weight excluding hydrogens is 194 g/mol. The molecular formula is C10H19N3O2. The predicted molar refractivity (Wildman–Crippen MR) is 56.2 cm³/mol. The van der Waals surface area contributed by atoms with E-state index in [1.165, 1.54) is 5.06 Å². The minimum atomic E-state index is 0.108. The highest BCUT2D eigenvalue weighted by Crippen LogP contribution is 2.06. The molecule has 2 aliphatic heterocycles. The number of hydroxylamine groups is 2. The average Bonchev–Trinajstić information content (AvgIpc) is 2.31. The maximum Gasteiger partial charge on any atom is 0.260 e. The first-order valence-corrected chi connectivity index (χ1v) is 5.72. The number of carbonyl (C=O) groups is 1. The van der Waals surface area contributed by atoms with Crippen LogP contribution < -0.4 is 5.32 Å². The molecule has 0 aromatic carbocycles. The van der Waals surface area contributed by atoms with Crippen LogP contribution in [0, 0.1) is 0 Å². The third-order valence-corrected chi connectivity index (χ3v) is 2.85. The highest BCUT2D eigenvalue weighted by atomic mass is 16.7. The Morgan fingerprint density at radius 2 is 2.00 bits per heavy atom. The Bertz CT molecular complexity index is 211. The van der Waals surface area contributed by atoms with Gasteiger partial charge in [0, 0.05) is 32.7 Å². The number of nitrogens with one attached hydrogen (secondary N) is 1. The van der Waals surface area contributed by atoms with Crippen LogP contribution in [0.25, 0.3) is 0 Å². The number of hydrogen-bond donors (Lipinski definition) is 1. The summed E-state index contributed by atoms with van der Waals surface area (Å²) < 4.78 is 0. The molecule has 5 heteroatoms. The van der Waals surface area contributed by atoms with E-state index in [9.17, 15) is 4.79 Å². The van der Waals surface area contributed by atoms with E-state index >= 15 is 0 Å². The first-order chi connectivity index (χ1) is 7.36. The molecule has 0 aliphatic carbocycles. The van der Waals surface area contributed by atoms with E-state index in [1.54, 1.807) is 0 Å². The van der Waals surface area contributed by atoms with Crippen molar-refractivity contribution in [3.63, 3.8) is 0 Å². The first-order valence-electron chi connectivity index (χ1n) is 5.72. The summed E-state index contributed by atoms with van der Waals surface area (Å²) >= 11 is 0. The van der Waals surface area contributed by atoms with Gasteiger partial charge in [-0.1, -0.05) is 0 Å². The predicted octanol–water partition coefficient (Wildman–Crippen LogP) is -0.554. The van der Waals surface area contributed by atoms with Gasteiger partial charge in [0.15, 0.2) is 0 Å². The third kappa shape index (κ3) is 3.15. The molecule has 0 aromatic heterocycles. The topological polar surface area (TPSA) is 44.8 Å². The summed E-state index contributed by atoms with van der Waals surface area (Å²) in [6, 6.07) is 0. The van der Waals surface area contributed by atoms with E-state index < -0.39 is 0 Å². The molecule has 15 heavy (non-hydrogen) atoms. The van der Waals surface area contributed by atoms with Crippen molar-refractivity contribution in [1.82, 2.24) is 15.3 Å². The molecule has 2 rings (SSSR count). The van der Waals surface area contributed by atoms with Crippen LogP contribution in [0.3, 0.4) is 0 Å². The fraction of sp³-hybridized carbons (Fsp3) is 0.900. The molecule has 2 fully saturated rings. The molecule has 0 atom stereocenters. The lowest BCUT2D eigenvalue weighted by molar-refractivity contribution is -0.198. The quantitative estimate of drug-likeness (QED) is 0.668. The Labute approximate surface area is 90.3 Å². The zero-order valence-electron chi connectivity index (χ0n) is 9.07. The Morgan fingerprint density at radius 3 is 2.67 bits per heavy atom. The number of amides is 1. The summed E-state index contributed by atoms with van der Waals surface area (Å²) in [5.74, 6) is 0.108. The van der Waals surface area contributed by atoms with E-state index in [1.807, 2.05) is 0 Å². The van der Waals surface area contributed by atoms with Crippen molar-refractivity contribution >= 4 is 5.91 Å². The van der Waals surface area contributed by atoms with Crippen LogP contribution in [-0.4, -0.2) is 61.7 Å². The molecule has 0 unspecified atom stereocenters. The molecule has 0 aromatic rings. The number of rotatable bonds is 2. The van der Waals surface area contributed by atoms with Crippen molar-refractivity contribution in [1.29, 1.82) is 0 Å². The summed E-state index contributed by atoms with van der Waals surface area (Å²) in [5.41, 5.74) is 0. The summed E-state index contributed by atoms with van der Waals surface area (Å²) in [4.78, 5) is 19.3. The Balaban J connectivity index is 1.74. The second-order valence-electron chi connectivity index (χ2n) is 4.06. The van der Waals surface area contributed by atoms with Gasteiger partial charge >= 0.3 is 0 Å². The van der Waals surface area contributed by atoms with Crippen LogP contribution in [0.1, 0.15) is 12.8 Å². The maximum atomic E-state index is 11.8. The van der Waals surface area contributed by atoms with Crippen molar-refractivity contribution in [3.8, 4) is 0 Å². The SMILES string of the molecule is O=C(CN1CCNCC1)N1CCCCO1. The molecule has 0 saturated carbocycles. The van der Waals surface area contributed by atoms with Crippen LogP contribution in [0.2, 0.25) is 0 Å². The fourth-order valence-corrected chi connectivity index (χ4v) is 1.93. The van der Waals surface area contributed by atoms with Gasteiger partial charge < -0.3 is 5.32 Å². The van der Waals surface area contributed by atoms with E-state index in [0.29, 0.717) is 13.2 Å². The smallest absolute Gasteiger partial charge is 0.260 e. The molecule has 86 valence electrons. The number of hydrogen-bond acceptors (Lipinski definition) is 4. The maximum absolute atomic E-state index is 11.8. The largest absolute Gasteiger partial charge is 0.314 e. The lowest BCUT2D eigenvalue weighted by Crippen LogP contribution is -2.49. The minimum absolute atomic E-state index is 0.108. The van der Waals surface area contributed by atoms with Crippen LogP contribution in [-0.2, 0) is 9.63 Å². The molecule has 2 aliphatic rings. The Hall–Kier alpha value is -0.650. The summed E-state index contributed by atoms with van der Waals surface area (Å²) in [5, 5.41) is 4.80. The molecule has 0 radical (unpaired) electrons. The summed E-state index contributed by atoms with van der Waals surface area (Å²) in [7, 11) is 0. The van der Waals surface area contributed by atoms with E-state index in [0.717, 1.165) is 45.6 Å². The number of piperazine rings is 1. The van der Waals surface area contributed by atoms with E-state index in [2.05, 4.69) is 10.2 Å². The zero-order valence-corrected chi connectivity index (χ0v) is 9.07. The van der Waals surface area contributed by atoms with Gasteiger partial charge in [0.25, 0.3) is 5.91 Å². The van der Waals surface area contributed by atoms with Gasteiger partial charge in [0.1, 0.15) is 0 Å². The first kappa shape index (κ1) is 10.9. The summed E-state index contributed by atoms with van der Waals surface area (Å²) in [6.07, 6.45) is 2.13. The molecule has 2 heterocycles. The third-order valence-electron chi connectivity index (χ3n) is 2.85. The van der Waals surface area contributed by atoms with Crippen LogP contribution in [0.4, 0.5) is 0 Å². The van der Waals surface area contributed by atoms with Crippen molar-refractivity contribution < 1.29 is 9.63 Å². The molecule has 1 N–H and O–H groups in total. The van der Waals surface area contributed by atoms with E-state index in [4.69, 9.17) is 4.84 Å². The zero-order chi connectivity index (χ0) is 10.5. The van der Waals surface area contributed by atoms with Gasteiger partial charge in [-0.15, -0.1) is 0 Å². The summed E-state index contributed by atoms with van der Waals surface area (Å²) in [6.45, 7) is 5.82. The van der Waals surface area contributed by atoms with E-state index in [-0.39, 0.29) is 5.91 Å². The van der Waals surface area contributed by atoms with Gasteiger partial charge in [-0.05, 0) is 12.8 Å². The molecule has 5 nitrogen and oxygen atoms in total. The Kier molecular flexibility index (Phi) is 3.94. The lowest BCUT2D eigenvalue weighted by atomic mass is 10.3. The van der Waals surface area contributed by atoms with Crippen molar-refractivity contribution in [2.45, 2.75) is 12.8 Å². The Morgan fingerprint density at radius 1 is 1.20 bits per heavy atom. The van der Waals surface area contributed by atoms with Crippen molar-refractivity contribution in [3.05, 3.63) is 0 Å². The normalized spacial score (nSPS) is 24.1. The molecule has 0 spiro atoms. The number of nitrogens with zero attached hydrogens (tertiary/aromatic N) is 2. The second kappa shape index (κ2) is 5.44. The van der Waals surface area contributed by atoms with Crippen LogP contribution in [0.15, 0.2) is 0 Å². The van der Waals surface area contributed by atoms with Crippen molar-refractivity contribution in [2.24, 2.45) is 0 Å². The average molecular weight is 213 g/mol. The standard InChI is InChI=1S/C10H19N3O2/c14-10(13-5-1-2-8-15-13)9-12-6-3-11-4-7-12/h11H,1-9H2. The lowest BCUT2D eigenvalue weighted by Gasteiger charge is -2.31. The molecule has 1 amide bonds. The second-order valence-corrected chi connectivity index (χ2v) is 4.06. The number of carbonyl (C=O) groups excluding carboxylic acids is 1. The van der Waals surface area contributed by atoms with Crippen LogP contribution >= 0.6 is 0 Å². The highest BCUT2D eigenvalue weighted by molar-refractivity contribution is 5.77. The van der Waals surface area contributed by atoms with Gasteiger partial charge in [-0.3, -0.25) is 14.5 Å². The highest BCUT2D eigenvalue weighted by Gasteiger charge is 2.21. The van der Waals surface area contributed by atoms with Gasteiger partial charge in [-0.2, -0.15) is 0 Å². The fourth-order valence-electron chi connectivity index (χ4n) is 1.93. The molecule has 0 bridgehead atoms. The van der Waals surface area contributed by atoms with Crippen molar-refractivity contribution in [2.75, 3.05) is 45.9 Å². The molecule has 2 saturated heterocycles. The van der Waals surface area contributed by atoms with Gasteiger partial charge in [-0.25, -0.2) is 5.06 Å². The van der Waals surface area contributed by atoms with Gasteiger partial charge in [0.05, 0.1) is 13.2 Å².